The Hall–Kier alpha value is -0.690. The normalized spacial score (nSPS) is 29.6. The molecule has 0 aromatic heterocycles. The maximum Gasteiger partial charge on any atom is 0.117 e. The molecular weight excluding hydrogens is 286 g/mol. The Bertz CT molecular complexity index is 324. The van der Waals surface area contributed by atoms with E-state index < -0.39 is 24.4 Å². The molecule has 1 fully saturated rings. The van der Waals surface area contributed by atoms with Gasteiger partial charge in [0.2, 0.25) is 0 Å². The Balaban J connectivity index is 2.15. The van der Waals surface area contributed by atoms with E-state index in [1.807, 2.05) is 0 Å². The van der Waals surface area contributed by atoms with Gasteiger partial charge in [0.25, 0.3) is 0 Å². The van der Waals surface area contributed by atoms with Crippen molar-refractivity contribution in [1.29, 1.82) is 0 Å². The number of oxime groups is 1. The average molecular weight is 317 g/mol. The van der Waals surface area contributed by atoms with Crippen molar-refractivity contribution >= 4 is 5.71 Å². The zero-order valence-corrected chi connectivity index (χ0v) is 13.8. The van der Waals surface area contributed by atoms with Gasteiger partial charge in [0.05, 0.1) is 18.4 Å². The van der Waals surface area contributed by atoms with E-state index in [0.717, 1.165) is 12.8 Å². The molecule has 1 aliphatic rings. The monoisotopic (exact) mass is 317 g/mol. The molecule has 3 N–H and O–H groups in total. The molecule has 1 rings (SSSR count). The van der Waals surface area contributed by atoms with Crippen LogP contribution in [0.1, 0.15) is 58.8 Å². The van der Waals surface area contributed by atoms with Crippen LogP contribution in [0.2, 0.25) is 0 Å². The van der Waals surface area contributed by atoms with Crippen LogP contribution in [0.25, 0.3) is 0 Å². The molecule has 0 unspecified atom stereocenters. The summed E-state index contributed by atoms with van der Waals surface area (Å²) in [5.41, 5.74) is 0.707. The third-order valence-electron chi connectivity index (χ3n) is 3.91. The van der Waals surface area contributed by atoms with Gasteiger partial charge in [-0.25, -0.2) is 0 Å². The molecule has 0 aliphatic carbocycles. The van der Waals surface area contributed by atoms with Crippen LogP contribution in [-0.2, 0) is 9.57 Å². The number of hydrogen-bond acceptors (Lipinski definition) is 6. The van der Waals surface area contributed by atoms with E-state index in [9.17, 15) is 15.3 Å². The van der Waals surface area contributed by atoms with Crippen LogP contribution in [0.4, 0.5) is 0 Å². The average Bonchev–Trinajstić information content (AvgIpc) is 2.50. The molecule has 0 spiro atoms. The van der Waals surface area contributed by atoms with Crippen molar-refractivity contribution < 1.29 is 24.9 Å². The van der Waals surface area contributed by atoms with Gasteiger partial charge in [-0.2, -0.15) is 0 Å². The van der Waals surface area contributed by atoms with Crippen molar-refractivity contribution in [2.75, 3.05) is 13.2 Å². The summed E-state index contributed by atoms with van der Waals surface area (Å²) in [6.07, 6.45) is 3.73. The molecule has 0 radical (unpaired) electrons. The third-order valence-corrected chi connectivity index (χ3v) is 3.91. The number of aliphatic hydroxyl groups is 3. The predicted molar refractivity (Wildman–Crippen MR) is 84.8 cm³/mol. The molecule has 0 aromatic rings. The fraction of sp³-hybridized carbons (Fsp3) is 0.938. The Kier molecular flexibility index (Phi) is 9.63. The summed E-state index contributed by atoms with van der Waals surface area (Å²) in [5.74, 6) is 0. The van der Waals surface area contributed by atoms with Gasteiger partial charge < -0.3 is 24.9 Å². The summed E-state index contributed by atoms with van der Waals surface area (Å²) in [6.45, 7) is 4.62. The minimum Gasteiger partial charge on any atom is -0.396 e. The van der Waals surface area contributed by atoms with Crippen LogP contribution in [0.5, 0.6) is 0 Å². The standard InChI is InChI=1S/C16H31NO5/c1-3-4-5-6-7-8-9-22-17-12(2)10-14-16(20)15(19)13(18)11-21-14/h13-16,18-20H,3-11H2,1-2H3/b17-12-/t13-,14+,15+,16+/m1/s1. The summed E-state index contributed by atoms with van der Waals surface area (Å²) < 4.78 is 5.33. The summed E-state index contributed by atoms with van der Waals surface area (Å²) >= 11 is 0. The lowest BCUT2D eigenvalue weighted by molar-refractivity contribution is -0.184. The van der Waals surface area contributed by atoms with Gasteiger partial charge in [-0.1, -0.05) is 37.8 Å². The first-order chi connectivity index (χ1) is 10.6. The molecule has 0 amide bonds. The van der Waals surface area contributed by atoms with Gasteiger partial charge in [0, 0.05) is 6.42 Å². The van der Waals surface area contributed by atoms with Gasteiger partial charge in [-0.05, 0) is 19.8 Å². The minimum absolute atomic E-state index is 0.0226. The van der Waals surface area contributed by atoms with Gasteiger partial charge in [0.15, 0.2) is 0 Å². The zero-order chi connectivity index (χ0) is 16.4. The number of aliphatic hydroxyl groups excluding tert-OH is 3. The quantitative estimate of drug-likeness (QED) is 0.323. The third kappa shape index (κ3) is 7.05. The lowest BCUT2D eigenvalue weighted by Crippen LogP contribution is -2.53. The van der Waals surface area contributed by atoms with E-state index >= 15 is 0 Å². The highest BCUT2D eigenvalue weighted by atomic mass is 16.6. The molecule has 1 aliphatic heterocycles. The largest absolute Gasteiger partial charge is 0.396 e. The van der Waals surface area contributed by atoms with Crippen molar-refractivity contribution in [3.63, 3.8) is 0 Å². The Morgan fingerprint density at radius 1 is 1.09 bits per heavy atom. The van der Waals surface area contributed by atoms with E-state index in [4.69, 9.17) is 9.57 Å². The predicted octanol–water partition coefficient (Wildman–Crippen LogP) is 1.61. The topological polar surface area (TPSA) is 91.5 Å². The summed E-state index contributed by atoms with van der Waals surface area (Å²) in [4.78, 5) is 5.27. The summed E-state index contributed by atoms with van der Waals surface area (Å²) in [6, 6.07) is 0. The maximum absolute atomic E-state index is 9.84. The number of ether oxygens (including phenoxy) is 1. The van der Waals surface area contributed by atoms with Crippen LogP contribution in [0.15, 0.2) is 5.16 Å². The molecule has 130 valence electrons. The highest BCUT2D eigenvalue weighted by Gasteiger charge is 2.37. The summed E-state index contributed by atoms with van der Waals surface area (Å²) in [7, 11) is 0. The highest BCUT2D eigenvalue weighted by Crippen LogP contribution is 2.18. The second-order valence-electron chi connectivity index (χ2n) is 6.05. The molecule has 0 saturated carbocycles. The van der Waals surface area contributed by atoms with Crippen LogP contribution >= 0.6 is 0 Å². The fourth-order valence-electron chi connectivity index (χ4n) is 2.48. The molecular formula is C16H31NO5. The van der Waals surface area contributed by atoms with E-state index in [1.165, 1.54) is 25.7 Å². The first-order valence-corrected chi connectivity index (χ1v) is 8.37. The minimum atomic E-state index is -1.17. The summed E-state index contributed by atoms with van der Waals surface area (Å²) in [5, 5.41) is 32.9. The molecule has 1 saturated heterocycles. The van der Waals surface area contributed by atoms with Gasteiger partial charge >= 0.3 is 0 Å². The van der Waals surface area contributed by atoms with Gasteiger partial charge in [-0.15, -0.1) is 0 Å². The van der Waals surface area contributed by atoms with Crippen LogP contribution in [0, 0.1) is 0 Å². The first-order valence-electron chi connectivity index (χ1n) is 8.37. The molecule has 22 heavy (non-hydrogen) atoms. The zero-order valence-electron chi connectivity index (χ0n) is 13.8. The first kappa shape index (κ1) is 19.4. The van der Waals surface area contributed by atoms with Gasteiger partial charge in [-0.3, -0.25) is 0 Å². The van der Waals surface area contributed by atoms with E-state index in [2.05, 4.69) is 12.1 Å². The number of unbranched alkanes of at least 4 members (excludes halogenated alkanes) is 5. The number of rotatable bonds is 10. The van der Waals surface area contributed by atoms with Crippen molar-refractivity contribution in [1.82, 2.24) is 0 Å². The van der Waals surface area contributed by atoms with E-state index in [1.54, 1.807) is 6.92 Å². The molecule has 4 atom stereocenters. The van der Waals surface area contributed by atoms with Crippen molar-refractivity contribution in [2.24, 2.45) is 5.16 Å². The molecule has 6 heteroatoms. The number of nitrogens with zero attached hydrogens (tertiary/aromatic N) is 1. The fourth-order valence-corrected chi connectivity index (χ4v) is 2.48. The molecule has 1 heterocycles. The second kappa shape index (κ2) is 10.9. The van der Waals surface area contributed by atoms with E-state index in [-0.39, 0.29) is 6.61 Å². The number of hydrogen-bond donors (Lipinski definition) is 3. The highest BCUT2D eigenvalue weighted by molar-refractivity contribution is 5.81. The van der Waals surface area contributed by atoms with Gasteiger partial charge in [0.1, 0.15) is 24.9 Å². The second-order valence-corrected chi connectivity index (χ2v) is 6.05. The SMILES string of the molecule is CCCCCCCCO/N=C(/C)C[C@@H]1OC[C@@H](O)[C@H](O)[C@H]1O. The molecule has 0 aromatic carbocycles. The lowest BCUT2D eigenvalue weighted by Gasteiger charge is -2.35. The van der Waals surface area contributed by atoms with Crippen molar-refractivity contribution in [2.45, 2.75) is 83.2 Å². The van der Waals surface area contributed by atoms with Crippen molar-refractivity contribution in [3.05, 3.63) is 0 Å². The Morgan fingerprint density at radius 2 is 1.77 bits per heavy atom. The maximum atomic E-state index is 9.84. The molecule has 0 bridgehead atoms. The van der Waals surface area contributed by atoms with Crippen LogP contribution in [0.3, 0.4) is 0 Å². The lowest BCUT2D eigenvalue weighted by atomic mass is 9.97. The molecule has 6 nitrogen and oxygen atoms in total. The Labute approximate surface area is 133 Å². The van der Waals surface area contributed by atoms with E-state index in [0.29, 0.717) is 18.7 Å². The Morgan fingerprint density at radius 3 is 2.50 bits per heavy atom. The smallest absolute Gasteiger partial charge is 0.117 e. The van der Waals surface area contributed by atoms with Crippen LogP contribution in [-0.4, -0.2) is 58.7 Å². The van der Waals surface area contributed by atoms with Crippen molar-refractivity contribution in [3.8, 4) is 0 Å². The van der Waals surface area contributed by atoms with Crippen LogP contribution < -0.4 is 0 Å².